The first-order valence-corrected chi connectivity index (χ1v) is 8.85. The van der Waals surface area contributed by atoms with Crippen molar-refractivity contribution in [3.05, 3.63) is 23.3 Å². The van der Waals surface area contributed by atoms with Gasteiger partial charge >= 0.3 is 11.9 Å². The van der Waals surface area contributed by atoms with Gasteiger partial charge in [-0.05, 0) is 37.0 Å². The highest BCUT2D eigenvalue weighted by Crippen LogP contribution is 2.64. The molecule has 136 valence electrons. The van der Waals surface area contributed by atoms with Crippen LogP contribution in [0.4, 0.5) is 0 Å². The van der Waals surface area contributed by atoms with E-state index >= 15 is 0 Å². The van der Waals surface area contributed by atoms with Gasteiger partial charge in [-0.15, -0.1) is 0 Å². The van der Waals surface area contributed by atoms with Crippen molar-refractivity contribution in [1.82, 2.24) is 0 Å². The molecule has 0 aromatic heterocycles. The number of hydrogen-bond acceptors (Lipinski definition) is 6. The lowest BCUT2D eigenvalue weighted by Crippen LogP contribution is -2.55. The number of rotatable bonds is 2. The Labute approximate surface area is 146 Å². The van der Waals surface area contributed by atoms with Crippen LogP contribution in [0.5, 0.6) is 0 Å². The number of carbonyl (C=O) groups is 2. The van der Waals surface area contributed by atoms with Crippen LogP contribution in [0, 0.1) is 22.7 Å². The second-order valence-corrected chi connectivity index (χ2v) is 8.44. The minimum atomic E-state index is -0.764. The summed E-state index contributed by atoms with van der Waals surface area (Å²) in [4.78, 5) is 24.8. The molecule has 1 saturated heterocycles. The Morgan fingerprint density at radius 3 is 2.60 bits per heavy atom. The van der Waals surface area contributed by atoms with Crippen molar-refractivity contribution >= 4 is 11.9 Å². The molecule has 4 aliphatic rings. The van der Waals surface area contributed by atoms with Crippen molar-refractivity contribution in [2.24, 2.45) is 22.7 Å². The summed E-state index contributed by atoms with van der Waals surface area (Å²) >= 11 is 0. The molecule has 0 spiro atoms. The fraction of sp³-hybridized carbons (Fsp3) is 0.684. The van der Waals surface area contributed by atoms with E-state index in [0.717, 1.165) is 11.1 Å². The summed E-state index contributed by atoms with van der Waals surface area (Å²) in [7, 11) is 0. The normalized spacial score (nSPS) is 46.3. The Hall–Kier alpha value is -1.66. The monoisotopic (exact) mass is 348 g/mol. The van der Waals surface area contributed by atoms with Crippen molar-refractivity contribution in [2.75, 3.05) is 6.61 Å². The highest BCUT2D eigenvalue weighted by atomic mass is 16.6. The lowest BCUT2D eigenvalue weighted by molar-refractivity contribution is -0.150. The van der Waals surface area contributed by atoms with E-state index in [0.29, 0.717) is 12.8 Å². The van der Waals surface area contributed by atoms with Crippen molar-refractivity contribution in [3.8, 4) is 0 Å². The molecule has 0 aromatic carbocycles. The van der Waals surface area contributed by atoms with E-state index in [4.69, 9.17) is 9.47 Å². The Kier molecular flexibility index (Phi) is 3.48. The summed E-state index contributed by atoms with van der Waals surface area (Å²) < 4.78 is 11.1. The molecule has 6 heteroatoms. The largest absolute Gasteiger partial charge is 0.457 e. The predicted molar refractivity (Wildman–Crippen MR) is 87.1 cm³/mol. The van der Waals surface area contributed by atoms with Gasteiger partial charge in [-0.3, -0.25) is 4.79 Å². The first kappa shape index (κ1) is 16.8. The summed E-state index contributed by atoms with van der Waals surface area (Å²) in [5.41, 5.74) is 0.300. The van der Waals surface area contributed by atoms with Gasteiger partial charge in [0.2, 0.25) is 0 Å². The van der Waals surface area contributed by atoms with E-state index in [1.807, 2.05) is 26.8 Å². The topological polar surface area (TPSA) is 93.1 Å². The zero-order valence-electron chi connectivity index (χ0n) is 14.7. The first-order valence-electron chi connectivity index (χ1n) is 8.85. The van der Waals surface area contributed by atoms with Gasteiger partial charge in [0, 0.05) is 29.9 Å². The Morgan fingerprint density at radius 1 is 1.24 bits per heavy atom. The fourth-order valence-electron chi connectivity index (χ4n) is 5.63. The highest BCUT2D eigenvalue weighted by molar-refractivity contribution is 5.88. The van der Waals surface area contributed by atoms with Crippen LogP contribution < -0.4 is 0 Å². The number of aliphatic hydroxyl groups excluding tert-OH is 2. The quantitative estimate of drug-likeness (QED) is 0.727. The van der Waals surface area contributed by atoms with E-state index in [2.05, 4.69) is 0 Å². The van der Waals surface area contributed by atoms with Crippen LogP contribution in [-0.4, -0.2) is 47.1 Å². The number of carbonyl (C=O) groups excluding carboxylic acids is 2. The van der Waals surface area contributed by atoms with Crippen LogP contribution in [0.25, 0.3) is 0 Å². The van der Waals surface area contributed by atoms with Crippen LogP contribution in [-0.2, 0) is 19.1 Å². The molecule has 25 heavy (non-hydrogen) atoms. The minimum absolute atomic E-state index is 0.118. The number of ether oxygens (including phenoxy) is 2. The molecule has 7 atom stereocenters. The van der Waals surface area contributed by atoms with Gasteiger partial charge in [0.05, 0.1) is 11.5 Å². The number of cyclic esters (lactones) is 1. The summed E-state index contributed by atoms with van der Waals surface area (Å²) in [6.45, 7) is 5.56. The second-order valence-electron chi connectivity index (χ2n) is 8.44. The molecular weight excluding hydrogens is 324 g/mol. The molecule has 0 bridgehead atoms. The van der Waals surface area contributed by atoms with Crippen molar-refractivity contribution in [1.29, 1.82) is 0 Å². The SMILES string of the molecule is CC(CO)[C@H]1OC(=O)C=C2C1=C[C@H]1OC(=O)[C@@]3(C)C[C@@H](O)C[C@@]2(C)C13. The lowest BCUT2D eigenvalue weighted by Gasteiger charge is -2.54. The zero-order chi connectivity index (χ0) is 18.1. The average Bonchev–Trinajstić information content (AvgIpc) is 2.78. The number of esters is 2. The van der Waals surface area contributed by atoms with Gasteiger partial charge in [0.15, 0.2) is 0 Å². The van der Waals surface area contributed by atoms with Gasteiger partial charge in [-0.25, -0.2) is 4.79 Å². The van der Waals surface area contributed by atoms with Crippen LogP contribution in [0.1, 0.15) is 33.6 Å². The van der Waals surface area contributed by atoms with Gasteiger partial charge in [0.1, 0.15) is 12.2 Å². The third-order valence-electron chi connectivity index (χ3n) is 6.62. The standard InChI is InChI=1S/C19H24O6/c1-9(8-20)15-11-4-13-16-18(2,12(11)5-14(22)25-15)6-10(21)7-19(16,3)17(23)24-13/h4-5,9-10,13,15-16,20-21H,6-8H2,1-3H3/t9?,10-,13+,15+,16?,18+,19-/m0/s1. The summed E-state index contributed by atoms with van der Waals surface area (Å²) in [6.07, 6.45) is 2.63. The predicted octanol–water partition coefficient (Wildman–Crippen LogP) is 1.12. The van der Waals surface area contributed by atoms with E-state index in [-0.39, 0.29) is 24.4 Å². The van der Waals surface area contributed by atoms with Crippen molar-refractivity contribution in [3.63, 3.8) is 0 Å². The minimum Gasteiger partial charge on any atom is -0.457 e. The number of aliphatic hydroxyl groups is 2. The van der Waals surface area contributed by atoms with E-state index in [9.17, 15) is 19.8 Å². The average molecular weight is 348 g/mol. The van der Waals surface area contributed by atoms with Crippen LogP contribution in [0.2, 0.25) is 0 Å². The van der Waals surface area contributed by atoms with Crippen LogP contribution in [0.3, 0.4) is 0 Å². The van der Waals surface area contributed by atoms with Crippen molar-refractivity contribution in [2.45, 2.75) is 51.9 Å². The van der Waals surface area contributed by atoms with Crippen LogP contribution >= 0.6 is 0 Å². The van der Waals surface area contributed by atoms with E-state index in [1.54, 1.807) is 0 Å². The number of hydrogen-bond donors (Lipinski definition) is 2. The molecule has 0 amide bonds. The molecule has 1 saturated carbocycles. The summed E-state index contributed by atoms with van der Waals surface area (Å²) in [5.74, 6) is -1.12. The fourth-order valence-corrected chi connectivity index (χ4v) is 5.63. The highest BCUT2D eigenvalue weighted by Gasteiger charge is 2.67. The smallest absolute Gasteiger partial charge is 0.331 e. The van der Waals surface area contributed by atoms with Gasteiger partial charge in [-0.1, -0.05) is 13.8 Å². The molecule has 2 fully saturated rings. The number of fused-ring (bicyclic) bond motifs is 2. The molecule has 0 aromatic rings. The molecule has 4 rings (SSSR count). The Bertz CT molecular complexity index is 709. The van der Waals surface area contributed by atoms with Gasteiger partial charge < -0.3 is 19.7 Å². The first-order chi connectivity index (χ1) is 11.7. The third kappa shape index (κ3) is 2.10. The third-order valence-corrected chi connectivity index (χ3v) is 6.62. The second kappa shape index (κ2) is 5.17. The molecule has 2 aliphatic carbocycles. The maximum atomic E-state index is 12.6. The molecule has 2 heterocycles. The maximum absolute atomic E-state index is 12.6. The Balaban J connectivity index is 1.90. The summed E-state index contributed by atoms with van der Waals surface area (Å²) in [5, 5.41) is 20.0. The maximum Gasteiger partial charge on any atom is 0.331 e. The zero-order valence-corrected chi connectivity index (χ0v) is 14.7. The molecule has 2 N–H and O–H groups in total. The van der Waals surface area contributed by atoms with E-state index < -0.39 is 35.1 Å². The molecular formula is C19H24O6. The van der Waals surface area contributed by atoms with Gasteiger partial charge in [0.25, 0.3) is 0 Å². The van der Waals surface area contributed by atoms with Crippen LogP contribution in [0.15, 0.2) is 23.3 Å². The van der Waals surface area contributed by atoms with Crippen molar-refractivity contribution < 1.29 is 29.3 Å². The van der Waals surface area contributed by atoms with E-state index in [1.165, 1.54) is 6.08 Å². The Morgan fingerprint density at radius 2 is 1.92 bits per heavy atom. The van der Waals surface area contributed by atoms with Gasteiger partial charge in [-0.2, -0.15) is 0 Å². The summed E-state index contributed by atoms with van der Waals surface area (Å²) in [6, 6.07) is 0. The molecule has 2 unspecified atom stereocenters. The lowest BCUT2D eigenvalue weighted by atomic mass is 9.49. The molecule has 6 nitrogen and oxygen atoms in total. The molecule has 0 radical (unpaired) electrons. The molecule has 2 aliphatic heterocycles.